The van der Waals surface area contributed by atoms with Crippen molar-refractivity contribution in [1.82, 2.24) is 0 Å². The van der Waals surface area contributed by atoms with E-state index in [9.17, 15) is 4.79 Å². The number of esters is 1. The van der Waals surface area contributed by atoms with Gasteiger partial charge < -0.3 is 15.0 Å². The average Bonchev–Trinajstić information content (AvgIpc) is 2.32. The van der Waals surface area contributed by atoms with Gasteiger partial charge in [0, 0.05) is 19.2 Å². The lowest BCUT2D eigenvalue weighted by atomic mass is 10.4. The number of hydrogen-bond acceptors (Lipinski definition) is 5. The van der Waals surface area contributed by atoms with Gasteiger partial charge in [-0.05, 0) is 13.8 Å². The summed E-state index contributed by atoms with van der Waals surface area (Å²) < 4.78 is 10.3. The average molecular weight is 279 g/mol. The van der Waals surface area contributed by atoms with Gasteiger partial charge in [0.05, 0.1) is 13.2 Å². The molecule has 0 aromatic rings. The summed E-state index contributed by atoms with van der Waals surface area (Å²) in [6.45, 7) is 6.90. The second kappa shape index (κ2) is 10.8. The van der Waals surface area contributed by atoms with E-state index < -0.39 is 13.4 Å². The number of hydrogen-bond donors (Lipinski definition) is 1. The molecule has 0 amide bonds. The summed E-state index contributed by atoms with van der Waals surface area (Å²) >= 11 is 1.57. The van der Waals surface area contributed by atoms with Crippen LogP contribution in [0.1, 0.15) is 20.8 Å². The van der Waals surface area contributed by atoms with Gasteiger partial charge in [-0.25, -0.2) is 4.79 Å². The van der Waals surface area contributed by atoms with E-state index >= 15 is 0 Å². The maximum absolute atomic E-state index is 11.3. The molecule has 0 aliphatic heterocycles. The molecule has 0 rings (SSSR count). The van der Waals surface area contributed by atoms with Crippen LogP contribution in [0, 0.1) is 5.81 Å². The number of ether oxygens (including phenoxy) is 1. The van der Waals surface area contributed by atoms with E-state index in [1.165, 1.54) is 0 Å². The normalized spacial score (nSPS) is 13.4. The minimum Gasteiger partial charge on any atom is -0.460 e. The SMILES string of the molecule is CCOC(=O)[C@H](C)[N+]#C[P@](OCC)SCCN. The largest absolute Gasteiger partial charge is 0.460 e. The summed E-state index contributed by atoms with van der Waals surface area (Å²) in [5, 5.41) is 0. The first kappa shape index (κ1) is 16.7. The maximum Gasteiger partial charge on any atom is 0.394 e. The number of nitrogens with two attached hydrogens (primary N) is 1. The Bertz CT molecular complexity index is 280. The molecule has 0 unspecified atom stereocenters. The van der Waals surface area contributed by atoms with E-state index in [2.05, 4.69) is 10.7 Å². The van der Waals surface area contributed by atoms with Crippen LogP contribution in [-0.4, -0.2) is 37.5 Å². The third kappa shape index (κ3) is 8.39. The Labute approximate surface area is 108 Å². The van der Waals surface area contributed by atoms with Gasteiger partial charge in [-0.1, -0.05) is 16.2 Å². The fraction of sp³-hybridized carbons (Fsp3) is 0.800. The molecule has 7 heteroatoms. The molecule has 0 aromatic heterocycles. The number of rotatable bonds is 7. The fourth-order valence-electron chi connectivity index (χ4n) is 0.797. The van der Waals surface area contributed by atoms with Crippen molar-refractivity contribution in [3.8, 4) is 5.81 Å². The number of nitrogens with zero attached hydrogens (tertiary/aromatic N) is 1. The van der Waals surface area contributed by atoms with Crippen LogP contribution in [0.3, 0.4) is 0 Å². The second-order valence-electron chi connectivity index (χ2n) is 2.95. The molecule has 0 heterocycles. The summed E-state index contributed by atoms with van der Waals surface area (Å²) in [7, 11) is -0.921. The van der Waals surface area contributed by atoms with Crippen molar-refractivity contribution >= 4 is 24.7 Å². The van der Waals surface area contributed by atoms with Crippen LogP contribution in [0.25, 0.3) is 4.85 Å². The van der Waals surface area contributed by atoms with Crippen molar-refractivity contribution in [2.45, 2.75) is 26.8 Å². The van der Waals surface area contributed by atoms with Crippen molar-refractivity contribution in [1.29, 1.82) is 0 Å². The third-order valence-corrected chi connectivity index (χ3v) is 4.77. The Balaban J connectivity index is 4.26. The quantitative estimate of drug-likeness (QED) is 0.572. The van der Waals surface area contributed by atoms with Crippen molar-refractivity contribution in [3.63, 3.8) is 0 Å². The standard InChI is InChI=1S/C10H20N2O3PS/c1-4-14-10(13)9(3)12-8-16(15-5-2)17-7-6-11/h9H,4-7,11H2,1-3H3/q+1/t9-,16+/m0/s1. The van der Waals surface area contributed by atoms with Crippen LogP contribution in [-0.2, 0) is 14.1 Å². The Morgan fingerprint density at radius 3 is 2.76 bits per heavy atom. The minimum absolute atomic E-state index is 0.338. The van der Waals surface area contributed by atoms with Crippen LogP contribution in [0.5, 0.6) is 0 Å². The van der Waals surface area contributed by atoms with Crippen LogP contribution in [0.4, 0.5) is 0 Å². The fourth-order valence-corrected chi connectivity index (χ4v) is 3.43. The van der Waals surface area contributed by atoms with Gasteiger partial charge >= 0.3 is 17.8 Å². The zero-order valence-corrected chi connectivity index (χ0v) is 12.2. The topological polar surface area (TPSA) is 65.9 Å². The molecule has 0 bridgehead atoms. The predicted octanol–water partition coefficient (Wildman–Crippen LogP) is 2.27. The molecule has 0 aliphatic carbocycles. The summed E-state index contributed by atoms with van der Waals surface area (Å²) in [6.07, 6.45) is 0. The molecular weight excluding hydrogens is 259 g/mol. The monoisotopic (exact) mass is 279 g/mol. The third-order valence-electron chi connectivity index (χ3n) is 1.53. The molecule has 0 aliphatic rings. The molecule has 17 heavy (non-hydrogen) atoms. The van der Waals surface area contributed by atoms with E-state index in [0.717, 1.165) is 5.75 Å². The Morgan fingerprint density at radius 1 is 1.53 bits per heavy atom. The van der Waals surface area contributed by atoms with E-state index in [1.54, 1.807) is 25.2 Å². The minimum atomic E-state index is -0.921. The Morgan fingerprint density at radius 2 is 2.24 bits per heavy atom. The highest BCUT2D eigenvalue weighted by Gasteiger charge is 2.23. The van der Waals surface area contributed by atoms with Gasteiger partial charge in [-0.2, -0.15) is 0 Å². The summed E-state index contributed by atoms with van der Waals surface area (Å²) in [5.41, 5.74) is 5.42. The smallest absolute Gasteiger partial charge is 0.394 e. The molecule has 0 saturated heterocycles. The maximum atomic E-state index is 11.3. The zero-order chi connectivity index (χ0) is 13.1. The lowest BCUT2D eigenvalue weighted by molar-refractivity contribution is -0.143. The lowest BCUT2D eigenvalue weighted by Crippen LogP contribution is -2.16. The highest BCUT2D eigenvalue weighted by atomic mass is 32.7. The van der Waals surface area contributed by atoms with Gasteiger partial charge in [-0.15, -0.1) is 0 Å². The predicted molar refractivity (Wildman–Crippen MR) is 73.4 cm³/mol. The molecular formula is C10H20N2O3PS+. The van der Waals surface area contributed by atoms with E-state index in [1.807, 2.05) is 6.92 Å². The van der Waals surface area contributed by atoms with Crippen LogP contribution in [0.15, 0.2) is 0 Å². The molecule has 0 aromatic carbocycles. The zero-order valence-electron chi connectivity index (χ0n) is 10.5. The molecule has 5 nitrogen and oxygen atoms in total. The first-order chi connectivity index (χ1) is 8.15. The number of carbonyl (C=O) groups is 1. The van der Waals surface area contributed by atoms with Crippen molar-refractivity contribution in [2.24, 2.45) is 5.73 Å². The summed E-state index contributed by atoms with van der Waals surface area (Å²) in [5.74, 6) is 3.32. The second-order valence-corrected chi connectivity index (χ2v) is 6.36. The van der Waals surface area contributed by atoms with Gasteiger partial charge in [0.15, 0.2) is 0 Å². The van der Waals surface area contributed by atoms with E-state index in [0.29, 0.717) is 19.8 Å². The van der Waals surface area contributed by atoms with Crippen LogP contribution in [0.2, 0.25) is 0 Å². The van der Waals surface area contributed by atoms with Gasteiger partial charge in [-0.3, -0.25) is 0 Å². The Kier molecular flexibility index (Phi) is 10.6. The van der Waals surface area contributed by atoms with Gasteiger partial charge in [0.25, 0.3) is 7.35 Å². The molecule has 2 atom stereocenters. The first-order valence-corrected chi connectivity index (χ1v) is 8.38. The first-order valence-electron chi connectivity index (χ1n) is 5.53. The highest BCUT2D eigenvalue weighted by Crippen LogP contribution is 2.49. The van der Waals surface area contributed by atoms with Crippen molar-refractivity contribution in [3.05, 3.63) is 4.85 Å². The van der Waals surface area contributed by atoms with Crippen molar-refractivity contribution in [2.75, 3.05) is 25.5 Å². The summed E-state index contributed by atoms with van der Waals surface area (Å²) in [6, 6.07) is -0.529. The summed E-state index contributed by atoms with van der Waals surface area (Å²) in [4.78, 5) is 15.3. The molecule has 0 fully saturated rings. The van der Waals surface area contributed by atoms with Crippen LogP contribution < -0.4 is 5.73 Å². The van der Waals surface area contributed by atoms with E-state index in [-0.39, 0.29) is 5.97 Å². The molecule has 2 N–H and O–H groups in total. The molecule has 98 valence electrons. The van der Waals surface area contributed by atoms with Gasteiger partial charge in [0.1, 0.15) is 0 Å². The lowest BCUT2D eigenvalue weighted by Gasteiger charge is -2.02. The molecule has 0 spiro atoms. The number of carbonyl (C=O) groups excluding carboxylic acids is 1. The Hall–Kier alpha value is -0.340. The van der Waals surface area contributed by atoms with Crippen LogP contribution >= 0.6 is 18.7 Å². The highest BCUT2D eigenvalue weighted by molar-refractivity contribution is 8.55. The molecule has 0 radical (unpaired) electrons. The molecule has 0 saturated carbocycles. The van der Waals surface area contributed by atoms with Crippen molar-refractivity contribution < 1.29 is 14.1 Å². The van der Waals surface area contributed by atoms with E-state index in [4.69, 9.17) is 15.0 Å². The van der Waals surface area contributed by atoms with Gasteiger partial charge in [0.2, 0.25) is 0 Å².